The predicted octanol–water partition coefficient (Wildman–Crippen LogP) is 5.62. The fraction of sp³-hybridized carbons (Fsp3) is 0.500. The Labute approximate surface area is 247 Å². The first kappa shape index (κ1) is 29.0. The van der Waals surface area contributed by atoms with Crippen molar-refractivity contribution in [2.24, 2.45) is 5.41 Å². The second-order valence-electron chi connectivity index (χ2n) is 12.4. The number of amides is 2. The minimum absolute atomic E-state index is 0.0102. The average Bonchev–Trinajstić information content (AvgIpc) is 3.68. The van der Waals surface area contributed by atoms with Crippen molar-refractivity contribution in [2.45, 2.75) is 65.7 Å². The molecule has 1 aromatic carbocycles. The number of nitrogens with one attached hydrogen (secondary N) is 1. The van der Waals surface area contributed by atoms with Crippen LogP contribution in [0.15, 0.2) is 53.9 Å². The molecular weight excluding hydrogens is 537 g/mol. The predicted molar refractivity (Wildman–Crippen MR) is 165 cm³/mol. The first-order chi connectivity index (χ1) is 19.2. The van der Waals surface area contributed by atoms with Gasteiger partial charge < -0.3 is 15.1 Å². The molecule has 5 rings (SSSR count). The van der Waals surface area contributed by atoms with E-state index in [1.54, 1.807) is 11.3 Å². The van der Waals surface area contributed by atoms with Crippen molar-refractivity contribution in [3.8, 4) is 9.75 Å². The highest BCUT2D eigenvalue weighted by Gasteiger charge is 2.42. The lowest BCUT2D eigenvalue weighted by Crippen LogP contribution is -2.52. The van der Waals surface area contributed by atoms with Crippen molar-refractivity contribution in [3.05, 3.63) is 69.9 Å². The van der Waals surface area contributed by atoms with Crippen molar-refractivity contribution in [1.82, 2.24) is 20.0 Å². The van der Waals surface area contributed by atoms with Crippen LogP contribution in [0.5, 0.6) is 0 Å². The Hall–Kier alpha value is -2.52. The van der Waals surface area contributed by atoms with E-state index in [1.807, 2.05) is 16.2 Å². The topological polar surface area (TPSA) is 55.9 Å². The van der Waals surface area contributed by atoms with Gasteiger partial charge in [-0.25, -0.2) is 0 Å². The second kappa shape index (κ2) is 12.6. The molecule has 0 spiro atoms. The lowest BCUT2D eigenvalue weighted by Gasteiger charge is -2.32. The average molecular weight is 579 g/mol. The van der Waals surface area contributed by atoms with Gasteiger partial charge in [-0.3, -0.25) is 14.5 Å². The number of carbonyl (C=O) groups is 2. The quantitative estimate of drug-likeness (QED) is 0.377. The van der Waals surface area contributed by atoms with Crippen LogP contribution in [0.2, 0.25) is 0 Å². The van der Waals surface area contributed by atoms with Gasteiger partial charge in [-0.1, -0.05) is 56.7 Å². The van der Waals surface area contributed by atoms with Gasteiger partial charge in [0.05, 0.1) is 6.04 Å². The zero-order valence-electron chi connectivity index (χ0n) is 24.2. The molecule has 0 unspecified atom stereocenters. The van der Waals surface area contributed by atoms with E-state index in [-0.39, 0.29) is 29.3 Å². The van der Waals surface area contributed by atoms with Crippen LogP contribution in [0.25, 0.3) is 9.75 Å². The highest BCUT2D eigenvalue weighted by atomic mass is 32.1. The summed E-state index contributed by atoms with van der Waals surface area (Å²) in [6, 6.07) is 16.9. The Morgan fingerprint density at radius 2 is 1.85 bits per heavy atom. The molecule has 2 fully saturated rings. The first-order valence-corrected chi connectivity index (χ1v) is 16.1. The van der Waals surface area contributed by atoms with Gasteiger partial charge in [-0.05, 0) is 47.9 Å². The van der Waals surface area contributed by atoms with E-state index in [1.165, 1.54) is 20.2 Å². The molecule has 0 bridgehead atoms. The molecule has 2 atom stereocenters. The van der Waals surface area contributed by atoms with E-state index in [9.17, 15) is 9.59 Å². The molecule has 0 saturated carbocycles. The summed E-state index contributed by atoms with van der Waals surface area (Å²) >= 11 is 3.56. The maximum Gasteiger partial charge on any atom is 0.240 e. The zero-order chi connectivity index (χ0) is 28.3. The normalized spacial score (nSPS) is 20.1. The number of piperazine rings is 1. The summed E-state index contributed by atoms with van der Waals surface area (Å²) in [7, 11) is 0. The lowest BCUT2D eigenvalue weighted by molar-refractivity contribution is -0.138. The van der Waals surface area contributed by atoms with Gasteiger partial charge in [-0.15, -0.1) is 22.7 Å². The van der Waals surface area contributed by atoms with E-state index < -0.39 is 0 Å². The molecule has 0 aliphatic carbocycles. The van der Waals surface area contributed by atoms with Crippen molar-refractivity contribution in [1.29, 1.82) is 0 Å². The number of hydrogen-bond acceptors (Lipinski definition) is 6. The van der Waals surface area contributed by atoms with E-state index >= 15 is 0 Å². The first-order valence-electron chi connectivity index (χ1n) is 14.4. The molecule has 2 aliphatic heterocycles. The van der Waals surface area contributed by atoms with Gasteiger partial charge in [0.25, 0.3) is 0 Å². The second-order valence-corrected chi connectivity index (χ2v) is 14.5. The summed E-state index contributed by atoms with van der Waals surface area (Å²) in [5.41, 5.74) is 2.23. The van der Waals surface area contributed by atoms with Crippen molar-refractivity contribution >= 4 is 34.5 Å². The number of likely N-dealkylation sites (tertiary alicyclic amines) is 1. The molecule has 2 aliphatic rings. The minimum atomic E-state index is -0.224. The number of aryl methyl sites for hydroxylation is 1. The summed E-state index contributed by atoms with van der Waals surface area (Å²) in [6.07, 6.45) is 1.16. The molecule has 3 aromatic rings. The number of thiophene rings is 2. The number of benzene rings is 1. The van der Waals surface area contributed by atoms with Crippen LogP contribution in [0.3, 0.4) is 0 Å². The molecule has 40 heavy (non-hydrogen) atoms. The van der Waals surface area contributed by atoms with E-state index in [2.05, 4.69) is 96.7 Å². The molecule has 0 radical (unpaired) electrons. The van der Waals surface area contributed by atoms with Crippen LogP contribution in [0, 0.1) is 12.3 Å². The van der Waals surface area contributed by atoms with Gasteiger partial charge in [-0.2, -0.15) is 0 Å². The van der Waals surface area contributed by atoms with Gasteiger partial charge in [0.2, 0.25) is 11.8 Å². The van der Waals surface area contributed by atoms with Crippen LogP contribution in [-0.2, 0) is 22.7 Å². The van der Waals surface area contributed by atoms with Crippen LogP contribution >= 0.6 is 22.7 Å². The molecule has 8 heteroatoms. The van der Waals surface area contributed by atoms with E-state index in [4.69, 9.17) is 0 Å². The largest absolute Gasteiger partial charge is 0.339 e. The number of hydrogen-bond donors (Lipinski definition) is 1. The van der Waals surface area contributed by atoms with Crippen molar-refractivity contribution in [2.75, 3.05) is 32.7 Å². The van der Waals surface area contributed by atoms with Crippen LogP contribution in [0.4, 0.5) is 0 Å². The fourth-order valence-corrected chi connectivity index (χ4v) is 7.70. The van der Waals surface area contributed by atoms with Crippen LogP contribution in [0.1, 0.15) is 49.6 Å². The molecule has 2 saturated heterocycles. The van der Waals surface area contributed by atoms with Gasteiger partial charge in [0.1, 0.15) is 0 Å². The highest BCUT2D eigenvalue weighted by Crippen LogP contribution is 2.35. The Balaban J connectivity index is 1.41. The SMILES string of the molecule is Cc1cccc(CN(C(=O)CC(C)(C)C)[C@H]2C[C@@H](C(=O)N3CCNCC3)N(Cc3ccc(-c4cccs4)s3)C2)c1. The standard InChI is InChI=1S/C32H42N4O2S2/c1-23-7-5-8-24(17-23)20-36(30(37)19-32(2,3)4)25-18-27(31(38)34-14-12-33-13-15-34)35(21-25)22-26-10-11-29(40-26)28-9-6-16-39-28/h5-11,16-17,25,27,33H,12-15,18-22H2,1-4H3/t25-,27-/m0/s1. The molecule has 6 nitrogen and oxygen atoms in total. The fourth-order valence-electron chi connectivity index (χ4n) is 5.83. The Morgan fingerprint density at radius 3 is 2.55 bits per heavy atom. The molecule has 2 amide bonds. The summed E-state index contributed by atoms with van der Waals surface area (Å²) in [6.45, 7) is 13.6. The molecule has 1 N–H and O–H groups in total. The van der Waals surface area contributed by atoms with Crippen LogP contribution < -0.4 is 5.32 Å². The molecule has 214 valence electrons. The Bertz CT molecular complexity index is 1290. The minimum Gasteiger partial charge on any atom is -0.339 e. The Morgan fingerprint density at radius 1 is 1.05 bits per heavy atom. The Kier molecular flexibility index (Phi) is 9.10. The number of carbonyl (C=O) groups excluding carboxylic acids is 2. The summed E-state index contributed by atoms with van der Waals surface area (Å²) in [5, 5.41) is 5.48. The smallest absolute Gasteiger partial charge is 0.240 e. The third kappa shape index (κ3) is 7.21. The maximum absolute atomic E-state index is 13.9. The van der Waals surface area contributed by atoms with Gasteiger partial charge in [0, 0.05) is 72.9 Å². The van der Waals surface area contributed by atoms with Crippen molar-refractivity contribution < 1.29 is 9.59 Å². The zero-order valence-corrected chi connectivity index (χ0v) is 25.8. The third-order valence-electron chi connectivity index (χ3n) is 7.76. The molecule has 4 heterocycles. The van der Waals surface area contributed by atoms with E-state index in [0.717, 1.165) is 38.3 Å². The third-order valence-corrected chi connectivity index (χ3v) is 9.89. The van der Waals surface area contributed by atoms with Crippen LogP contribution in [-0.4, -0.2) is 71.3 Å². The van der Waals surface area contributed by atoms with Gasteiger partial charge >= 0.3 is 0 Å². The molecule has 2 aromatic heterocycles. The van der Waals surface area contributed by atoms with Crippen molar-refractivity contribution in [3.63, 3.8) is 0 Å². The number of nitrogens with zero attached hydrogens (tertiary/aromatic N) is 3. The highest BCUT2D eigenvalue weighted by molar-refractivity contribution is 7.21. The lowest BCUT2D eigenvalue weighted by atomic mass is 9.91. The monoisotopic (exact) mass is 578 g/mol. The maximum atomic E-state index is 13.9. The van der Waals surface area contributed by atoms with E-state index in [0.29, 0.717) is 25.9 Å². The number of rotatable bonds is 8. The van der Waals surface area contributed by atoms with Gasteiger partial charge in [0.15, 0.2) is 0 Å². The summed E-state index contributed by atoms with van der Waals surface area (Å²) in [4.78, 5) is 38.0. The summed E-state index contributed by atoms with van der Waals surface area (Å²) < 4.78 is 0. The molecular formula is C32H42N4O2S2. The summed E-state index contributed by atoms with van der Waals surface area (Å²) in [5.74, 6) is 0.378.